The van der Waals surface area contributed by atoms with Crippen molar-refractivity contribution in [2.45, 2.75) is 32.7 Å². The van der Waals surface area contributed by atoms with Crippen LogP contribution in [0, 0.1) is 11.8 Å². The zero-order valence-electron chi connectivity index (χ0n) is 13.3. The highest BCUT2D eigenvalue weighted by molar-refractivity contribution is 5.26. The van der Waals surface area contributed by atoms with Gasteiger partial charge in [0.05, 0.1) is 12.6 Å². The van der Waals surface area contributed by atoms with Crippen molar-refractivity contribution in [3.63, 3.8) is 0 Å². The first kappa shape index (κ1) is 17.8. The smallest absolute Gasteiger partial charge is 0.116 e. The molecule has 1 atom stereocenters. The summed E-state index contributed by atoms with van der Waals surface area (Å²) in [6.07, 6.45) is 7.83. The summed E-state index contributed by atoms with van der Waals surface area (Å²) in [5.74, 6) is 7.23. The minimum absolute atomic E-state index is 0.0901. The summed E-state index contributed by atoms with van der Waals surface area (Å²) in [4.78, 5) is 0. The highest BCUT2D eigenvalue weighted by Crippen LogP contribution is 2.05. The summed E-state index contributed by atoms with van der Waals surface area (Å²) in [6.45, 7) is 9.07. The van der Waals surface area contributed by atoms with Gasteiger partial charge >= 0.3 is 0 Å². The maximum absolute atomic E-state index is 5.70. The number of likely N-dealkylation sites (N-methyl/N-ethyl adjacent to an activating group) is 1. The van der Waals surface area contributed by atoms with Crippen LogP contribution in [-0.2, 0) is 9.47 Å². The van der Waals surface area contributed by atoms with Crippen LogP contribution in [0.25, 0.3) is 0 Å². The third-order valence-corrected chi connectivity index (χ3v) is 2.88. The van der Waals surface area contributed by atoms with Crippen molar-refractivity contribution in [2.24, 2.45) is 0 Å². The summed E-state index contributed by atoms with van der Waals surface area (Å²) >= 11 is 0. The van der Waals surface area contributed by atoms with Crippen LogP contribution in [0.5, 0.6) is 0 Å². The number of allylic oxidation sites excluding steroid dienone is 2. The van der Waals surface area contributed by atoms with Gasteiger partial charge in [-0.25, -0.2) is 0 Å². The zero-order valence-corrected chi connectivity index (χ0v) is 13.3. The van der Waals surface area contributed by atoms with Crippen molar-refractivity contribution in [1.29, 1.82) is 0 Å². The third-order valence-electron chi connectivity index (χ3n) is 2.88. The Morgan fingerprint density at radius 2 is 2.14 bits per heavy atom. The summed E-state index contributed by atoms with van der Waals surface area (Å²) in [5.41, 5.74) is 0. The minimum Gasteiger partial charge on any atom is -0.492 e. The molecule has 4 heteroatoms. The molecule has 1 aliphatic carbocycles. The Hall–Kier alpha value is -1.28. The van der Waals surface area contributed by atoms with Gasteiger partial charge in [-0.3, -0.25) is 5.32 Å². The van der Waals surface area contributed by atoms with Crippen LogP contribution in [0.2, 0.25) is 0 Å². The first-order valence-corrected chi connectivity index (χ1v) is 7.88. The van der Waals surface area contributed by atoms with Crippen LogP contribution in [-0.4, -0.2) is 45.5 Å². The zero-order chi connectivity index (χ0) is 15.2. The Labute approximate surface area is 129 Å². The van der Waals surface area contributed by atoms with E-state index in [9.17, 15) is 0 Å². The molecule has 0 fully saturated rings. The molecule has 0 saturated heterocycles. The Bertz CT molecular complexity index is 380. The van der Waals surface area contributed by atoms with E-state index >= 15 is 0 Å². The normalized spacial score (nSPS) is 21.4. The van der Waals surface area contributed by atoms with Crippen LogP contribution < -0.4 is 10.6 Å². The van der Waals surface area contributed by atoms with Crippen molar-refractivity contribution in [1.82, 2.24) is 10.6 Å². The van der Waals surface area contributed by atoms with E-state index in [1.807, 2.05) is 12.2 Å². The molecule has 0 aromatic heterocycles. The minimum atomic E-state index is 0.0901. The van der Waals surface area contributed by atoms with Crippen LogP contribution in [0.4, 0.5) is 0 Å². The largest absolute Gasteiger partial charge is 0.492 e. The lowest BCUT2D eigenvalue weighted by Crippen LogP contribution is -2.33. The molecule has 0 spiro atoms. The molecule has 0 aromatic rings. The second kappa shape index (κ2) is 12.5. The summed E-state index contributed by atoms with van der Waals surface area (Å²) in [7, 11) is 0. The average molecular weight is 292 g/mol. The quantitative estimate of drug-likeness (QED) is 0.450. The van der Waals surface area contributed by atoms with E-state index in [0.717, 1.165) is 44.8 Å². The number of rotatable bonds is 11. The highest BCUT2D eigenvalue weighted by Gasteiger charge is 2.02. The Kier molecular flexibility index (Phi) is 10.5. The number of hydrogen-bond acceptors (Lipinski definition) is 4. The molecule has 1 rings (SSSR count). The van der Waals surface area contributed by atoms with Crippen molar-refractivity contribution in [3.8, 4) is 11.8 Å². The van der Waals surface area contributed by atoms with E-state index in [2.05, 4.69) is 42.4 Å². The molecule has 0 amide bonds. The maximum atomic E-state index is 5.70. The van der Waals surface area contributed by atoms with Gasteiger partial charge in [0.1, 0.15) is 12.4 Å². The molecule has 0 aliphatic heterocycles. The van der Waals surface area contributed by atoms with E-state index < -0.39 is 0 Å². The fraction of sp³-hybridized carbons (Fsp3) is 0.647. The SMILES string of the molecule is CCCOCCOC1=C/CC#CC(NCCNCC)/C=C\1. The molecular formula is C17H28N2O2. The van der Waals surface area contributed by atoms with Crippen molar-refractivity contribution >= 4 is 0 Å². The number of ether oxygens (including phenoxy) is 2. The van der Waals surface area contributed by atoms with Crippen molar-refractivity contribution < 1.29 is 9.47 Å². The highest BCUT2D eigenvalue weighted by atomic mass is 16.5. The van der Waals surface area contributed by atoms with Crippen LogP contribution in [0.3, 0.4) is 0 Å². The summed E-state index contributed by atoms with van der Waals surface area (Å²) < 4.78 is 11.1. The monoisotopic (exact) mass is 292 g/mol. The van der Waals surface area contributed by atoms with Gasteiger partial charge < -0.3 is 14.8 Å². The van der Waals surface area contributed by atoms with Crippen molar-refractivity contribution in [3.05, 3.63) is 24.0 Å². The van der Waals surface area contributed by atoms with E-state index in [0.29, 0.717) is 13.2 Å². The molecule has 2 N–H and O–H groups in total. The van der Waals surface area contributed by atoms with Gasteiger partial charge in [0.15, 0.2) is 0 Å². The predicted octanol–water partition coefficient (Wildman–Crippen LogP) is 1.84. The molecular weight excluding hydrogens is 264 g/mol. The Balaban J connectivity index is 2.28. The van der Waals surface area contributed by atoms with E-state index in [1.54, 1.807) is 0 Å². The van der Waals surface area contributed by atoms with E-state index in [1.165, 1.54) is 0 Å². The first-order chi connectivity index (χ1) is 10.4. The molecule has 1 aliphatic rings. The summed E-state index contributed by atoms with van der Waals surface area (Å²) in [6, 6.07) is 0.0901. The lowest BCUT2D eigenvalue weighted by molar-refractivity contribution is 0.0790. The van der Waals surface area contributed by atoms with Gasteiger partial charge in [-0.05, 0) is 25.1 Å². The summed E-state index contributed by atoms with van der Waals surface area (Å²) in [5, 5.41) is 6.68. The molecule has 0 radical (unpaired) electrons. The molecule has 4 nitrogen and oxygen atoms in total. The molecule has 0 bridgehead atoms. The van der Waals surface area contributed by atoms with Crippen molar-refractivity contribution in [2.75, 3.05) is 39.5 Å². The maximum Gasteiger partial charge on any atom is 0.116 e. The topological polar surface area (TPSA) is 42.5 Å². The molecule has 0 saturated carbocycles. The average Bonchev–Trinajstić information content (AvgIpc) is 2.47. The molecule has 1 unspecified atom stereocenters. The molecule has 118 valence electrons. The number of nitrogens with one attached hydrogen (secondary N) is 2. The fourth-order valence-corrected chi connectivity index (χ4v) is 1.81. The van der Waals surface area contributed by atoms with E-state index in [4.69, 9.17) is 9.47 Å². The fourth-order valence-electron chi connectivity index (χ4n) is 1.81. The standard InChI is InChI=1S/C17H28N2O2/c1-3-13-20-14-15-21-17-8-6-5-7-16(9-10-17)19-12-11-18-4-2/h8-10,16,18-19H,3-4,6,11-15H2,1-2H3/b10-9-,17-8+. The Morgan fingerprint density at radius 3 is 2.95 bits per heavy atom. The van der Waals surface area contributed by atoms with Crippen LogP contribution >= 0.6 is 0 Å². The lowest BCUT2D eigenvalue weighted by Gasteiger charge is -2.12. The molecule has 0 heterocycles. The predicted molar refractivity (Wildman–Crippen MR) is 87.0 cm³/mol. The van der Waals surface area contributed by atoms with Gasteiger partial charge in [-0.1, -0.05) is 31.8 Å². The van der Waals surface area contributed by atoms with Gasteiger partial charge in [-0.15, -0.1) is 0 Å². The van der Waals surface area contributed by atoms with Crippen LogP contribution in [0.1, 0.15) is 26.7 Å². The molecule has 21 heavy (non-hydrogen) atoms. The third kappa shape index (κ3) is 9.30. The second-order valence-corrected chi connectivity index (χ2v) is 4.74. The second-order valence-electron chi connectivity index (χ2n) is 4.74. The van der Waals surface area contributed by atoms with Crippen LogP contribution in [0.15, 0.2) is 24.0 Å². The Morgan fingerprint density at radius 1 is 1.24 bits per heavy atom. The van der Waals surface area contributed by atoms with Gasteiger partial charge in [0, 0.05) is 26.1 Å². The van der Waals surface area contributed by atoms with E-state index in [-0.39, 0.29) is 6.04 Å². The van der Waals surface area contributed by atoms with Gasteiger partial charge in [0.25, 0.3) is 0 Å². The first-order valence-electron chi connectivity index (χ1n) is 7.88. The lowest BCUT2D eigenvalue weighted by atomic mass is 10.2. The number of hydrogen-bond donors (Lipinski definition) is 2. The van der Waals surface area contributed by atoms with Gasteiger partial charge in [-0.2, -0.15) is 0 Å². The van der Waals surface area contributed by atoms with Gasteiger partial charge in [0.2, 0.25) is 0 Å². The molecule has 0 aromatic carbocycles.